The van der Waals surface area contributed by atoms with E-state index in [1.165, 1.54) is 0 Å². The van der Waals surface area contributed by atoms with Crippen molar-refractivity contribution in [3.63, 3.8) is 0 Å². The maximum absolute atomic E-state index is 9.03. The standard InChI is InChI=1S/C10H17N5S/c1-13-10(16)8(7-11)9(12)15-5-3-14(2)4-6-15/h3-6,12H2,1-2H3,(H,13,16). The van der Waals surface area contributed by atoms with Crippen LogP contribution < -0.4 is 11.1 Å². The van der Waals surface area contributed by atoms with Crippen LogP contribution in [0.25, 0.3) is 0 Å². The summed E-state index contributed by atoms with van der Waals surface area (Å²) < 4.78 is 0. The second-order valence-electron chi connectivity index (χ2n) is 3.74. The molecule has 0 unspecified atom stereocenters. The number of thiocarbonyl (C=S) groups is 1. The van der Waals surface area contributed by atoms with Crippen molar-refractivity contribution in [2.45, 2.75) is 0 Å². The van der Waals surface area contributed by atoms with Gasteiger partial charge in [0.05, 0.1) is 0 Å². The van der Waals surface area contributed by atoms with Gasteiger partial charge in [-0.1, -0.05) is 12.2 Å². The Morgan fingerprint density at radius 2 is 1.94 bits per heavy atom. The van der Waals surface area contributed by atoms with Crippen molar-refractivity contribution in [3.05, 3.63) is 11.4 Å². The number of nitrogens with zero attached hydrogens (tertiary/aromatic N) is 3. The average Bonchev–Trinajstić information content (AvgIpc) is 2.30. The van der Waals surface area contributed by atoms with Crippen molar-refractivity contribution in [2.24, 2.45) is 5.73 Å². The fourth-order valence-electron chi connectivity index (χ4n) is 1.55. The summed E-state index contributed by atoms with van der Waals surface area (Å²) in [5.41, 5.74) is 6.33. The van der Waals surface area contributed by atoms with Crippen LogP contribution in [0.3, 0.4) is 0 Å². The number of nitrogens with one attached hydrogen (secondary N) is 1. The van der Waals surface area contributed by atoms with Crippen molar-refractivity contribution in [2.75, 3.05) is 40.3 Å². The van der Waals surface area contributed by atoms with Crippen LogP contribution in [0.15, 0.2) is 11.4 Å². The van der Waals surface area contributed by atoms with Crippen molar-refractivity contribution >= 4 is 17.2 Å². The van der Waals surface area contributed by atoms with Gasteiger partial charge in [-0.05, 0) is 7.05 Å². The van der Waals surface area contributed by atoms with Crippen LogP contribution in [0.5, 0.6) is 0 Å². The molecule has 6 heteroatoms. The van der Waals surface area contributed by atoms with Gasteiger partial charge in [0.1, 0.15) is 22.5 Å². The molecular weight excluding hydrogens is 222 g/mol. The highest BCUT2D eigenvalue weighted by molar-refractivity contribution is 7.80. The first-order valence-corrected chi connectivity index (χ1v) is 5.56. The smallest absolute Gasteiger partial charge is 0.126 e. The zero-order valence-electron chi connectivity index (χ0n) is 9.66. The molecule has 0 aromatic carbocycles. The Hall–Kier alpha value is -1.32. The fourth-order valence-corrected chi connectivity index (χ4v) is 1.71. The summed E-state index contributed by atoms with van der Waals surface area (Å²) in [6.07, 6.45) is 0. The number of hydrogen-bond donors (Lipinski definition) is 2. The van der Waals surface area contributed by atoms with E-state index in [1.807, 2.05) is 4.90 Å². The Labute approximate surface area is 101 Å². The average molecular weight is 239 g/mol. The van der Waals surface area contributed by atoms with Gasteiger partial charge in [0.2, 0.25) is 0 Å². The highest BCUT2D eigenvalue weighted by Crippen LogP contribution is 2.09. The lowest BCUT2D eigenvalue weighted by Crippen LogP contribution is -2.46. The van der Waals surface area contributed by atoms with Gasteiger partial charge in [-0.25, -0.2) is 0 Å². The van der Waals surface area contributed by atoms with E-state index in [1.54, 1.807) is 7.05 Å². The zero-order valence-corrected chi connectivity index (χ0v) is 10.5. The predicted octanol–water partition coefficient (Wildman–Crippen LogP) is -0.526. The molecule has 0 saturated carbocycles. The number of hydrogen-bond acceptors (Lipinski definition) is 5. The zero-order chi connectivity index (χ0) is 12.1. The molecule has 88 valence electrons. The minimum atomic E-state index is 0.363. The Balaban J connectivity index is 2.81. The van der Waals surface area contributed by atoms with Crippen LogP contribution in [0.1, 0.15) is 0 Å². The van der Waals surface area contributed by atoms with Crippen molar-refractivity contribution < 1.29 is 0 Å². The molecule has 1 heterocycles. The largest absolute Gasteiger partial charge is 0.384 e. The number of nitrogens with two attached hydrogens (primary N) is 1. The Bertz CT molecular complexity index is 336. The number of nitriles is 1. The number of likely N-dealkylation sites (N-methyl/N-ethyl adjacent to an activating group) is 2. The SMILES string of the molecule is CNC(=S)C(C#N)=C(N)N1CCN(C)CC1. The molecule has 1 fully saturated rings. The third-order valence-corrected chi connectivity index (χ3v) is 3.07. The minimum Gasteiger partial charge on any atom is -0.384 e. The molecule has 1 aliphatic rings. The van der Waals surface area contributed by atoms with Gasteiger partial charge >= 0.3 is 0 Å². The van der Waals surface area contributed by atoms with E-state index in [-0.39, 0.29) is 0 Å². The van der Waals surface area contributed by atoms with E-state index in [0.29, 0.717) is 16.4 Å². The van der Waals surface area contributed by atoms with Gasteiger partial charge < -0.3 is 20.9 Å². The Kier molecular flexibility index (Phi) is 4.52. The van der Waals surface area contributed by atoms with Crippen LogP contribution >= 0.6 is 12.2 Å². The molecule has 0 aromatic rings. The first-order valence-electron chi connectivity index (χ1n) is 5.15. The summed E-state index contributed by atoms with van der Waals surface area (Å²) in [4.78, 5) is 4.63. The minimum absolute atomic E-state index is 0.363. The first-order chi connectivity index (χ1) is 7.60. The van der Waals surface area contributed by atoms with E-state index in [2.05, 4.69) is 23.3 Å². The van der Waals surface area contributed by atoms with Crippen LogP contribution in [-0.4, -0.2) is 55.1 Å². The van der Waals surface area contributed by atoms with Gasteiger partial charge in [-0.3, -0.25) is 0 Å². The lowest BCUT2D eigenvalue weighted by Gasteiger charge is -2.34. The molecule has 0 radical (unpaired) electrons. The highest BCUT2D eigenvalue weighted by atomic mass is 32.1. The molecule has 0 aromatic heterocycles. The molecule has 0 bridgehead atoms. The number of rotatable bonds is 2. The van der Waals surface area contributed by atoms with E-state index in [9.17, 15) is 0 Å². The lowest BCUT2D eigenvalue weighted by atomic mass is 10.2. The van der Waals surface area contributed by atoms with Gasteiger partial charge in [-0.15, -0.1) is 0 Å². The molecular formula is C10H17N5S. The third kappa shape index (κ3) is 2.84. The molecule has 0 aliphatic carbocycles. The van der Waals surface area contributed by atoms with Crippen LogP contribution in [0.4, 0.5) is 0 Å². The van der Waals surface area contributed by atoms with Gasteiger partial charge in [0.15, 0.2) is 0 Å². The summed E-state index contributed by atoms with van der Waals surface area (Å²) in [5, 5.41) is 11.8. The molecule has 16 heavy (non-hydrogen) atoms. The molecule has 0 atom stereocenters. The summed E-state index contributed by atoms with van der Waals surface area (Å²) in [6.45, 7) is 3.57. The normalized spacial score (nSPS) is 18.7. The second kappa shape index (κ2) is 5.68. The third-order valence-electron chi connectivity index (χ3n) is 2.67. The first kappa shape index (κ1) is 12.7. The second-order valence-corrected chi connectivity index (χ2v) is 4.15. The Morgan fingerprint density at radius 1 is 1.38 bits per heavy atom. The number of piperazine rings is 1. The molecule has 1 saturated heterocycles. The van der Waals surface area contributed by atoms with Crippen molar-refractivity contribution in [1.82, 2.24) is 15.1 Å². The summed E-state index contributed by atoms with van der Waals surface area (Å²) in [5.74, 6) is 0.481. The summed E-state index contributed by atoms with van der Waals surface area (Å²) in [6, 6.07) is 2.06. The maximum atomic E-state index is 9.03. The van der Waals surface area contributed by atoms with Crippen LogP contribution in [-0.2, 0) is 0 Å². The molecule has 0 amide bonds. The van der Waals surface area contributed by atoms with E-state index in [0.717, 1.165) is 26.2 Å². The monoisotopic (exact) mass is 239 g/mol. The Morgan fingerprint density at radius 3 is 2.38 bits per heavy atom. The molecule has 5 nitrogen and oxygen atoms in total. The molecule has 1 aliphatic heterocycles. The van der Waals surface area contributed by atoms with Crippen LogP contribution in [0.2, 0.25) is 0 Å². The highest BCUT2D eigenvalue weighted by Gasteiger charge is 2.18. The van der Waals surface area contributed by atoms with E-state index < -0.39 is 0 Å². The van der Waals surface area contributed by atoms with Gasteiger partial charge in [0.25, 0.3) is 0 Å². The van der Waals surface area contributed by atoms with E-state index in [4.69, 9.17) is 23.2 Å². The van der Waals surface area contributed by atoms with Crippen LogP contribution in [0, 0.1) is 11.3 Å². The topological polar surface area (TPSA) is 68.3 Å². The summed E-state index contributed by atoms with van der Waals surface area (Å²) in [7, 11) is 3.76. The van der Waals surface area contributed by atoms with Gasteiger partial charge in [0, 0.05) is 33.2 Å². The molecule has 0 spiro atoms. The quantitative estimate of drug-likeness (QED) is 0.384. The van der Waals surface area contributed by atoms with E-state index >= 15 is 0 Å². The summed E-state index contributed by atoms with van der Waals surface area (Å²) >= 11 is 5.04. The predicted molar refractivity (Wildman–Crippen MR) is 67.6 cm³/mol. The fraction of sp³-hybridized carbons (Fsp3) is 0.600. The van der Waals surface area contributed by atoms with Crippen molar-refractivity contribution in [1.29, 1.82) is 5.26 Å². The maximum Gasteiger partial charge on any atom is 0.126 e. The van der Waals surface area contributed by atoms with Crippen molar-refractivity contribution in [3.8, 4) is 6.07 Å². The molecule has 1 rings (SSSR count). The molecule has 3 N–H and O–H groups in total. The van der Waals surface area contributed by atoms with Gasteiger partial charge in [-0.2, -0.15) is 5.26 Å². The lowest BCUT2D eigenvalue weighted by molar-refractivity contribution is 0.184.